The summed E-state index contributed by atoms with van der Waals surface area (Å²) in [7, 11) is 5.04. The molecule has 0 spiro atoms. The van der Waals surface area contributed by atoms with E-state index in [4.69, 9.17) is 9.47 Å². The predicted molar refractivity (Wildman–Crippen MR) is 80.3 cm³/mol. The molecule has 110 valence electrons. The first-order chi connectivity index (χ1) is 9.65. The van der Waals surface area contributed by atoms with Crippen molar-refractivity contribution >= 4 is 17.7 Å². The van der Waals surface area contributed by atoms with E-state index in [1.807, 2.05) is 25.2 Å². The summed E-state index contributed by atoms with van der Waals surface area (Å²) < 4.78 is 10.5. The predicted octanol–water partition coefficient (Wildman–Crippen LogP) is 1.32. The summed E-state index contributed by atoms with van der Waals surface area (Å²) in [5.41, 5.74) is 1.02. The number of benzene rings is 1. The fourth-order valence-electron chi connectivity index (χ4n) is 2.15. The highest BCUT2D eigenvalue weighted by Crippen LogP contribution is 2.28. The monoisotopic (exact) mass is 296 g/mol. The summed E-state index contributed by atoms with van der Waals surface area (Å²) in [4.78, 5) is 14.0. The van der Waals surface area contributed by atoms with Crippen LogP contribution < -0.4 is 14.8 Å². The van der Waals surface area contributed by atoms with Crippen molar-refractivity contribution in [2.45, 2.75) is 12.6 Å². The van der Waals surface area contributed by atoms with E-state index in [0.29, 0.717) is 18.0 Å². The Kier molecular flexibility index (Phi) is 5.14. The van der Waals surface area contributed by atoms with Gasteiger partial charge in [-0.3, -0.25) is 10.1 Å². The van der Waals surface area contributed by atoms with Crippen LogP contribution in [0.25, 0.3) is 0 Å². The molecular weight excluding hydrogens is 276 g/mol. The summed E-state index contributed by atoms with van der Waals surface area (Å²) in [5.74, 6) is 3.19. The third-order valence-electron chi connectivity index (χ3n) is 3.26. The second kappa shape index (κ2) is 6.85. The lowest BCUT2D eigenvalue weighted by Crippen LogP contribution is -2.42. The van der Waals surface area contributed by atoms with Crippen LogP contribution in [-0.4, -0.2) is 49.7 Å². The van der Waals surface area contributed by atoms with Gasteiger partial charge in [0, 0.05) is 25.2 Å². The molecule has 1 aromatic rings. The molecule has 20 heavy (non-hydrogen) atoms. The van der Waals surface area contributed by atoms with E-state index in [1.165, 1.54) is 0 Å². The van der Waals surface area contributed by atoms with E-state index in [2.05, 4.69) is 5.32 Å². The van der Waals surface area contributed by atoms with Gasteiger partial charge in [-0.1, -0.05) is 6.07 Å². The maximum Gasteiger partial charge on any atom is 0.240 e. The lowest BCUT2D eigenvalue weighted by atomic mass is 10.1. The summed E-state index contributed by atoms with van der Waals surface area (Å²) in [5, 5.41) is 3.19. The second-order valence-corrected chi connectivity index (χ2v) is 5.69. The first kappa shape index (κ1) is 15.0. The molecule has 1 amide bonds. The fourth-order valence-corrected chi connectivity index (χ4v) is 3.08. The van der Waals surface area contributed by atoms with Gasteiger partial charge >= 0.3 is 0 Å². The van der Waals surface area contributed by atoms with E-state index < -0.39 is 0 Å². The van der Waals surface area contributed by atoms with E-state index in [-0.39, 0.29) is 11.9 Å². The van der Waals surface area contributed by atoms with Crippen molar-refractivity contribution in [1.82, 2.24) is 10.2 Å². The van der Waals surface area contributed by atoms with Crippen LogP contribution >= 0.6 is 11.8 Å². The molecule has 0 aliphatic carbocycles. The van der Waals surface area contributed by atoms with Gasteiger partial charge < -0.3 is 14.4 Å². The van der Waals surface area contributed by atoms with Crippen LogP contribution in [0, 0.1) is 0 Å². The number of hydrogen-bond acceptors (Lipinski definition) is 5. The highest BCUT2D eigenvalue weighted by Gasteiger charge is 2.25. The Morgan fingerprint density at radius 2 is 2.15 bits per heavy atom. The van der Waals surface area contributed by atoms with Crippen LogP contribution in [-0.2, 0) is 11.3 Å². The minimum atomic E-state index is -0.0647. The molecule has 5 nitrogen and oxygen atoms in total. The molecular formula is C14H20N2O3S. The molecule has 1 fully saturated rings. The summed E-state index contributed by atoms with van der Waals surface area (Å²) in [6, 6.07) is 5.64. The van der Waals surface area contributed by atoms with Crippen LogP contribution in [0.3, 0.4) is 0 Å². The number of carbonyl (C=O) groups excluding carboxylic acids is 1. The Bertz CT molecular complexity index is 475. The molecule has 6 heteroatoms. The molecule has 1 saturated heterocycles. The van der Waals surface area contributed by atoms with Crippen LogP contribution in [0.1, 0.15) is 5.56 Å². The van der Waals surface area contributed by atoms with Crippen molar-refractivity contribution in [3.8, 4) is 11.5 Å². The van der Waals surface area contributed by atoms with Crippen molar-refractivity contribution in [2.24, 2.45) is 0 Å². The molecule has 0 saturated carbocycles. The van der Waals surface area contributed by atoms with Gasteiger partial charge in [0.2, 0.25) is 5.91 Å². The number of thioether (sulfide) groups is 1. The summed E-state index contributed by atoms with van der Waals surface area (Å²) in [6.45, 7) is 0.558. The Morgan fingerprint density at radius 1 is 1.40 bits per heavy atom. The summed E-state index contributed by atoms with van der Waals surface area (Å²) >= 11 is 1.75. The van der Waals surface area contributed by atoms with Crippen LogP contribution in [0.2, 0.25) is 0 Å². The number of hydrogen-bond donors (Lipinski definition) is 1. The standard InChI is InChI=1S/C14H20N2O3S/c1-16(14(17)11-8-20-9-15-11)7-10-4-5-12(18-2)13(6-10)19-3/h4-6,11,15H,7-9H2,1-3H3. The van der Waals surface area contributed by atoms with E-state index in [1.54, 1.807) is 30.9 Å². The lowest BCUT2D eigenvalue weighted by molar-refractivity contribution is -0.131. The van der Waals surface area contributed by atoms with Crippen LogP contribution in [0.5, 0.6) is 11.5 Å². The first-order valence-corrected chi connectivity index (χ1v) is 7.58. The maximum atomic E-state index is 12.2. The van der Waals surface area contributed by atoms with Crippen molar-refractivity contribution in [1.29, 1.82) is 0 Å². The number of likely N-dealkylation sites (N-methyl/N-ethyl adjacent to an activating group) is 1. The van der Waals surface area contributed by atoms with Gasteiger partial charge in [-0.05, 0) is 17.7 Å². The SMILES string of the molecule is COc1ccc(CN(C)C(=O)C2CSCN2)cc1OC. The second-order valence-electron chi connectivity index (χ2n) is 4.66. The molecule has 0 bridgehead atoms. The molecule has 1 aliphatic rings. The number of nitrogens with zero attached hydrogens (tertiary/aromatic N) is 1. The van der Waals surface area contributed by atoms with Gasteiger partial charge in [-0.25, -0.2) is 0 Å². The van der Waals surface area contributed by atoms with Gasteiger partial charge in [-0.2, -0.15) is 0 Å². The van der Waals surface area contributed by atoms with Crippen molar-refractivity contribution in [3.05, 3.63) is 23.8 Å². The van der Waals surface area contributed by atoms with Crippen molar-refractivity contribution < 1.29 is 14.3 Å². The third-order valence-corrected chi connectivity index (χ3v) is 4.20. The molecule has 1 atom stereocenters. The smallest absolute Gasteiger partial charge is 0.240 e. The number of rotatable bonds is 5. The van der Waals surface area contributed by atoms with Crippen LogP contribution in [0.15, 0.2) is 18.2 Å². The Hall–Kier alpha value is -1.40. The quantitative estimate of drug-likeness (QED) is 0.888. The van der Waals surface area contributed by atoms with E-state index >= 15 is 0 Å². The molecule has 2 rings (SSSR count). The van der Waals surface area contributed by atoms with Crippen molar-refractivity contribution in [2.75, 3.05) is 32.9 Å². The number of nitrogens with one attached hydrogen (secondary N) is 1. The molecule has 1 aliphatic heterocycles. The average molecular weight is 296 g/mol. The molecule has 1 aromatic carbocycles. The number of amides is 1. The first-order valence-electron chi connectivity index (χ1n) is 6.42. The zero-order chi connectivity index (χ0) is 14.5. The van der Waals surface area contributed by atoms with Gasteiger partial charge in [0.15, 0.2) is 11.5 Å². The highest BCUT2D eigenvalue weighted by atomic mass is 32.2. The van der Waals surface area contributed by atoms with Crippen molar-refractivity contribution in [3.63, 3.8) is 0 Å². The van der Waals surface area contributed by atoms with Gasteiger partial charge in [0.05, 0.1) is 20.3 Å². The number of methoxy groups -OCH3 is 2. The van der Waals surface area contributed by atoms with Gasteiger partial charge in [-0.15, -0.1) is 11.8 Å². The minimum absolute atomic E-state index is 0.0647. The third kappa shape index (κ3) is 3.37. The molecule has 1 heterocycles. The summed E-state index contributed by atoms with van der Waals surface area (Å²) in [6.07, 6.45) is 0. The fraction of sp³-hybridized carbons (Fsp3) is 0.500. The highest BCUT2D eigenvalue weighted by molar-refractivity contribution is 7.99. The van der Waals surface area contributed by atoms with Gasteiger partial charge in [0.25, 0.3) is 0 Å². The topological polar surface area (TPSA) is 50.8 Å². The van der Waals surface area contributed by atoms with E-state index in [9.17, 15) is 4.79 Å². The number of carbonyl (C=O) groups is 1. The Balaban J connectivity index is 2.03. The molecule has 1 N–H and O–H groups in total. The normalized spacial score (nSPS) is 17.9. The Morgan fingerprint density at radius 3 is 2.75 bits per heavy atom. The van der Waals surface area contributed by atoms with Crippen LogP contribution in [0.4, 0.5) is 0 Å². The lowest BCUT2D eigenvalue weighted by Gasteiger charge is -2.21. The minimum Gasteiger partial charge on any atom is -0.493 e. The number of ether oxygens (including phenoxy) is 2. The molecule has 1 unspecified atom stereocenters. The van der Waals surface area contributed by atoms with Gasteiger partial charge in [0.1, 0.15) is 0 Å². The Labute approximate surface area is 123 Å². The zero-order valence-electron chi connectivity index (χ0n) is 12.0. The van der Waals surface area contributed by atoms with E-state index in [0.717, 1.165) is 17.2 Å². The average Bonchev–Trinajstić information content (AvgIpc) is 3.00. The zero-order valence-corrected chi connectivity index (χ0v) is 12.8. The maximum absolute atomic E-state index is 12.2. The molecule has 0 aromatic heterocycles. The largest absolute Gasteiger partial charge is 0.493 e. The molecule has 0 radical (unpaired) electrons.